The van der Waals surface area contributed by atoms with Crippen molar-refractivity contribution in [3.05, 3.63) is 0 Å². The summed E-state index contributed by atoms with van der Waals surface area (Å²) in [5.41, 5.74) is 0. The number of carbonyl (C=O) groups excluding carboxylic acids is 5. The highest BCUT2D eigenvalue weighted by atomic mass is 127. The summed E-state index contributed by atoms with van der Waals surface area (Å²) in [6.45, 7) is 4.56. The van der Waals surface area contributed by atoms with Crippen molar-refractivity contribution in [3.8, 4) is 0 Å². The van der Waals surface area contributed by atoms with E-state index < -0.39 is 12.1 Å². The first-order valence-electron chi connectivity index (χ1n) is 10.5. The Morgan fingerprint density at radius 2 is 1.43 bits per heavy atom. The van der Waals surface area contributed by atoms with Crippen LogP contribution in [-0.4, -0.2) is 75.0 Å². The fraction of sp³-hybridized carbons (Fsp3) is 0.750. The average Bonchev–Trinajstić information content (AvgIpc) is 3.35. The zero-order valence-corrected chi connectivity index (χ0v) is 19.8. The molecule has 168 valence electrons. The lowest BCUT2D eigenvalue weighted by Gasteiger charge is -2.24. The number of nitrogens with zero attached hydrogens (tertiary/aromatic N) is 2. The second-order valence-electron chi connectivity index (χ2n) is 7.89. The van der Waals surface area contributed by atoms with Crippen LogP contribution in [0.15, 0.2) is 0 Å². The third-order valence-electron chi connectivity index (χ3n) is 5.73. The van der Waals surface area contributed by atoms with Gasteiger partial charge in [-0.05, 0) is 44.9 Å². The van der Waals surface area contributed by atoms with Gasteiger partial charge in [-0.1, -0.05) is 0 Å². The van der Waals surface area contributed by atoms with Crippen LogP contribution in [-0.2, 0) is 24.0 Å². The van der Waals surface area contributed by atoms with Crippen molar-refractivity contribution in [1.29, 1.82) is 0 Å². The molecule has 0 bridgehead atoms. The van der Waals surface area contributed by atoms with E-state index in [9.17, 15) is 24.0 Å². The number of hydrogen-bond donors (Lipinski definition) is 2. The van der Waals surface area contributed by atoms with Crippen LogP contribution in [0.1, 0.15) is 58.8 Å². The molecule has 2 saturated heterocycles. The minimum absolute atomic E-state index is 0.0857. The minimum atomic E-state index is -0.605. The fourth-order valence-corrected chi connectivity index (χ4v) is 4.61. The third-order valence-corrected chi connectivity index (χ3v) is 6.48. The normalized spacial score (nSPS) is 22.0. The molecule has 2 N–H and O–H groups in total. The summed E-state index contributed by atoms with van der Waals surface area (Å²) in [7, 11) is 0. The Morgan fingerprint density at radius 1 is 0.900 bits per heavy atom. The van der Waals surface area contributed by atoms with Crippen LogP contribution in [0.5, 0.6) is 0 Å². The van der Waals surface area contributed by atoms with Crippen LogP contribution in [0, 0.1) is 0 Å². The van der Waals surface area contributed by atoms with E-state index in [0.717, 1.165) is 12.8 Å². The fourth-order valence-electron chi connectivity index (χ4n) is 4.15. The van der Waals surface area contributed by atoms with Gasteiger partial charge in [0.05, 0.1) is 6.04 Å². The second-order valence-corrected chi connectivity index (χ2v) is 8.96. The molecule has 2 aliphatic heterocycles. The van der Waals surface area contributed by atoms with Crippen LogP contribution < -0.4 is 10.6 Å². The molecule has 0 aliphatic carbocycles. The maximum absolute atomic E-state index is 12.5. The van der Waals surface area contributed by atoms with Gasteiger partial charge in [-0.3, -0.25) is 24.0 Å². The lowest BCUT2D eigenvalue weighted by Crippen LogP contribution is -2.49. The number of rotatable bonds is 9. The number of likely N-dealkylation sites (tertiary alicyclic amines) is 2. The van der Waals surface area contributed by atoms with Gasteiger partial charge in [-0.2, -0.15) is 0 Å². The van der Waals surface area contributed by atoms with E-state index >= 15 is 0 Å². The first-order chi connectivity index (χ1) is 14.2. The maximum atomic E-state index is 12.5. The quantitative estimate of drug-likeness (QED) is 0.257. The van der Waals surface area contributed by atoms with Crippen molar-refractivity contribution in [2.45, 2.75) is 76.9 Å². The molecule has 2 heterocycles. The number of carbonyl (C=O) groups is 5. The molecule has 9 nitrogen and oxygen atoms in total. The molecule has 0 saturated carbocycles. The standard InChI is InChI=1S/C20H31IN4O5/c1-13(26)24-11-5-8-16(24)19(29)22-10-4-3-7-15(18(21)28)23-20(30)17-9-6-12-25(17)14(2)27/h15-17H,3-12H2,1-2H3,(H,22,29)(H,23,30). The van der Waals surface area contributed by atoms with Crippen LogP contribution >= 0.6 is 22.6 Å². The Bertz CT molecular complexity index is 686. The van der Waals surface area contributed by atoms with Gasteiger partial charge in [0.15, 0.2) is 0 Å². The molecule has 0 radical (unpaired) electrons. The summed E-state index contributed by atoms with van der Waals surface area (Å²) in [5, 5.41) is 5.65. The SMILES string of the molecule is CC(=O)N1CCCC1C(=O)NCCCCC(NC(=O)C1CCCN1C(C)=O)C(=O)I. The van der Waals surface area contributed by atoms with E-state index in [-0.39, 0.29) is 33.5 Å². The number of nitrogens with one attached hydrogen (secondary N) is 2. The Kier molecular flexibility index (Phi) is 9.50. The monoisotopic (exact) mass is 534 g/mol. The topological polar surface area (TPSA) is 116 Å². The number of amides is 4. The van der Waals surface area contributed by atoms with Crippen LogP contribution in [0.3, 0.4) is 0 Å². The van der Waals surface area contributed by atoms with Crippen molar-refractivity contribution < 1.29 is 24.0 Å². The van der Waals surface area contributed by atoms with E-state index in [0.29, 0.717) is 51.7 Å². The summed E-state index contributed by atoms with van der Waals surface area (Å²) in [4.78, 5) is 63.1. The van der Waals surface area contributed by atoms with Crippen LogP contribution in [0.25, 0.3) is 0 Å². The van der Waals surface area contributed by atoms with Crippen LogP contribution in [0.4, 0.5) is 0 Å². The summed E-state index contributed by atoms with van der Waals surface area (Å²) in [6, 6.07) is -1.50. The summed E-state index contributed by atoms with van der Waals surface area (Å²) in [6.07, 6.45) is 4.69. The molecule has 3 atom stereocenters. The summed E-state index contributed by atoms with van der Waals surface area (Å²) >= 11 is 1.68. The molecule has 2 rings (SSSR count). The lowest BCUT2D eigenvalue weighted by atomic mass is 10.1. The van der Waals surface area contributed by atoms with E-state index in [1.807, 2.05) is 0 Å². The highest BCUT2D eigenvalue weighted by Crippen LogP contribution is 2.19. The molecular weight excluding hydrogens is 503 g/mol. The summed E-state index contributed by atoms with van der Waals surface area (Å²) in [5.74, 6) is -0.636. The number of unbranched alkanes of at least 4 members (excludes halogenated alkanes) is 1. The van der Waals surface area contributed by atoms with E-state index in [1.54, 1.807) is 32.4 Å². The second kappa shape index (κ2) is 11.6. The molecule has 2 aliphatic rings. The maximum Gasteiger partial charge on any atom is 0.243 e. The largest absolute Gasteiger partial charge is 0.354 e. The highest BCUT2D eigenvalue weighted by molar-refractivity contribution is 14.1. The number of hydrogen-bond acceptors (Lipinski definition) is 5. The van der Waals surface area contributed by atoms with Gasteiger partial charge in [0.1, 0.15) is 12.1 Å². The summed E-state index contributed by atoms with van der Waals surface area (Å²) < 4.78 is -0.152. The van der Waals surface area contributed by atoms with Gasteiger partial charge in [0, 0.05) is 56.1 Å². The van der Waals surface area contributed by atoms with Gasteiger partial charge in [-0.25, -0.2) is 0 Å². The van der Waals surface area contributed by atoms with E-state index in [2.05, 4.69) is 10.6 Å². The van der Waals surface area contributed by atoms with Crippen molar-refractivity contribution in [1.82, 2.24) is 20.4 Å². The Balaban J connectivity index is 1.73. The van der Waals surface area contributed by atoms with Gasteiger partial charge in [-0.15, -0.1) is 0 Å². The molecule has 2 fully saturated rings. The van der Waals surface area contributed by atoms with Crippen LogP contribution in [0.2, 0.25) is 0 Å². The molecule has 0 aromatic carbocycles. The molecule has 30 heavy (non-hydrogen) atoms. The van der Waals surface area contributed by atoms with Gasteiger partial charge in [0.25, 0.3) is 0 Å². The Morgan fingerprint density at radius 3 is 1.93 bits per heavy atom. The lowest BCUT2D eigenvalue weighted by molar-refractivity contribution is -0.137. The molecular formula is C20H31IN4O5. The average molecular weight is 534 g/mol. The van der Waals surface area contributed by atoms with Gasteiger partial charge < -0.3 is 20.4 Å². The molecule has 10 heteroatoms. The van der Waals surface area contributed by atoms with Crippen molar-refractivity contribution in [2.75, 3.05) is 19.6 Å². The zero-order chi connectivity index (χ0) is 22.3. The Labute approximate surface area is 190 Å². The predicted octanol–water partition coefficient (Wildman–Crippen LogP) is 0.741. The molecule has 4 amide bonds. The zero-order valence-electron chi connectivity index (χ0n) is 17.6. The van der Waals surface area contributed by atoms with E-state index in [4.69, 9.17) is 0 Å². The predicted molar refractivity (Wildman–Crippen MR) is 119 cm³/mol. The van der Waals surface area contributed by atoms with Crippen molar-refractivity contribution in [2.24, 2.45) is 0 Å². The third kappa shape index (κ3) is 6.64. The molecule has 0 aromatic rings. The highest BCUT2D eigenvalue weighted by Gasteiger charge is 2.34. The van der Waals surface area contributed by atoms with Gasteiger partial charge >= 0.3 is 0 Å². The van der Waals surface area contributed by atoms with Crippen molar-refractivity contribution >= 4 is 50.0 Å². The molecule has 3 unspecified atom stereocenters. The smallest absolute Gasteiger partial charge is 0.243 e. The van der Waals surface area contributed by atoms with Crippen molar-refractivity contribution in [3.63, 3.8) is 0 Å². The minimum Gasteiger partial charge on any atom is -0.354 e. The van der Waals surface area contributed by atoms with Gasteiger partial charge in [0.2, 0.25) is 27.4 Å². The molecule has 0 spiro atoms. The van der Waals surface area contributed by atoms with E-state index in [1.165, 1.54) is 13.8 Å². The number of halogens is 1. The Hall–Kier alpha value is -1.72. The molecule has 0 aromatic heterocycles. The first-order valence-corrected chi connectivity index (χ1v) is 11.6. The first kappa shape index (κ1) is 24.5.